The van der Waals surface area contributed by atoms with Gasteiger partial charge in [0.05, 0.1) is 24.0 Å². The van der Waals surface area contributed by atoms with Crippen LogP contribution in [0.2, 0.25) is 0 Å². The van der Waals surface area contributed by atoms with Crippen LogP contribution in [-0.2, 0) is 4.79 Å². The van der Waals surface area contributed by atoms with Crippen molar-refractivity contribution < 1.29 is 18.7 Å². The number of aryl methyl sites for hydroxylation is 1. The molecule has 0 bridgehead atoms. The zero-order valence-corrected chi connectivity index (χ0v) is 23.6. The predicted molar refractivity (Wildman–Crippen MR) is 155 cm³/mol. The largest absolute Gasteiger partial charge is 0.494 e. The zero-order valence-electron chi connectivity index (χ0n) is 23.6. The molecule has 3 heterocycles. The molecular weight excluding hydrogens is 521 g/mol. The van der Waals surface area contributed by atoms with Crippen LogP contribution in [-0.4, -0.2) is 69.9 Å². The molecule has 2 aromatic carbocycles. The number of imidazole rings is 1. The topological polar surface area (TPSA) is 72.2 Å². The summed E-state index contributed by atoms with van der Waals surface area (Å²) in [5.41, 5.74) is 3.52. The molecule has 8 nitrogen and oxygen atoms in total. The second kappa shape index (κ2) is 11.3. The normalized spacial score (nSPS) is 17.2. The average Bonchev–Trinajstić information content (AvgIpc) is 3.59. The number of carbonyl (C=O) groups excluding carboxylic acids is 1. The summed E-state index contributed by atoms with van der Waals surface area (Å²) in [7, 11) is 3.53. The van der Waals surface area contributed by atoms with Crippen LogP contribution in [0.1, 0.15) is 36.7 Å². The Kier molecular flexibility index (Phi) is 7.45. The number of hydrogen-bond acceptors (Lipinski definition) is 6. The van der Waals surface area contributed by atoms with Crippen LogP contribution in [0.4, 0.5) is 4.39 Å². The van der Waals surface area contributed by atoms with Crippen molar-refractivity contribution in [3.8, 4) is 28.5 Å². The number of hydrogen-bond donors (Lipinski definition) is 0. The quantitative estimate of drug-likeness (QED) is 0.250. The third-order valence-corrected chi connectivity index (χ3v) is 7.96. The first-order valence-corrected chi connectivity index (χ1v) is 14.0. The maximum atomic E-state index is 14.6. The minimum absolute atomic E-state index is 0.0543. The van der Waals surface area contributed by atoms with Crippen LogP contribution >= 0.6 is 0 Å². The third-order valence-electron chi connectivity index (χ3n) is 7.96. The van der Waals surface area contributed by atoms with Gasteiger partial charge in [0.2, 0.25) is 11.7 Å². The van der Waals surface area contributed by atoms with E-state index in [0.717, 1.165) is 41.3 Å². The first-order chi connectivity index (χ1) is 19.9. The van der Waals surface area contributed by atoms with E-state index in [1.807, 2.05) is 36.2 Å². The minimum atomic E-state index is -0.546. The number of likely N-dealkylation sites (tertiary alicyclic amines) is 1. The second-order valence-corrected chi connectivity index (χ2v) is 10.8. The van der Waals surface area contributed by atoms with E-state index in [-0.39, 0.29) is 23.3 Å². The molecule has 2 aliphatic rings. The average molecular weight is 556 g/mol. The van der Waals surface area contributed by atoms with Crippen LogP contribution in [0.25, 0.3) is 16.8 Å². The van der Waals surface area contributed by atoms with Crippen molar-refractivity contribution in [1.29, 1.82) is 0 Å². The Bertz CT molecular complexity index is 1600. The van der Waals surface area contributed by atoms with Gasteiger partial charge in [0.1, 0.15) is 11.6 Å². The van der Waals surface area contributed by atoms with Crippen molar-refractivity contribution in [3.63, 3.8) is 0 Å². The van der Waals surface area contributed by atoms with Gasteiger partial charge in [-0.2, -0.15) is 4.39 Å². The van der Waals surface area contributed by atoms with Crippen LogP contribution in [0.5, 0.6) is 17.2 Å². The maximum Gasteiger partial charge on any atom is 0.246 e. The van der Waals surface area contributed by atoms with Crippen LogP contribution in [0.3, 0.4) is 0 Å². The summed E-state index contributed by atoms with van der Waals surface area (Å²) in [6.45, 7) is 4.10. The first-order valence-electron chi connectivity index (χ1n) is 14.0. The molecule has 2 aromatic heterocycles. The molecule has 0 radical (unpaired) electrons. The van der Waals surface area contributed by atoms with Crippen molar-refractivity contribution in [2.45, 2.75) is 38.1 Å². The monoisotopic (exact) mass is 555 g/mol. The van der Waals surface area contributed by atoms with Gasteiger partial charge in [-0.3, -0.25) is 19.1 Å². The van der Waals surface area contributed by atoms with Crippen LogP contribution < -0.4 is 9.47 Å². The van der Waals surface area contributed by atoms with Gasteiger partial charge in [0.25, 0.3) is 0 Å². The number of methoxy groups -OCH3 is 1. The molecular formula is C32H34FN5O3. The third kappa shape index (κ3) is 5.54. The lowest BCUT2D eigenvalue weighted by Crippen LogP contribution is -2.27. The van der Waals surface area contributed by atoms with E-state index in [1.165, 1.54) is 20.0 Å². The van der Waals surface area contributed by atoms with Gasteiger partial charge in [-0.1, -0.05) is 12.1 Å². The van der Waals surface area contributed by atoms with Crippen molar-refractivity contribution >= 4 is 11.4 Å². The summed E-state index contributed by atoms with van der Waals surface area (Å²) in [4.78, 5) is 26.7. The molecule has 41 heavy (non-hydrogen) atoms. The molecule has 0 N–H and O–H groups in total. The molecule has 212 valence electrons. The number of halogens is 1. The Hall–Kier alpha value is -4.24. The highest BCUT2D eigenvalue weighted by Crippen LogP contribution is 2.35. The van der Waals surface area contributed by atoms with Gasteiger partial charge in [0.15, 0.2) is 11.5 Å². The van der Waals surface area contributed by atoms with Gasteiger partial charge in [-0.05, 0) is 69.6 Å². The lowest BCUT2D eigenvalue weighted by atomic mass is 10.1. The number of nitrogens with zero attached hydrogens (tertiary/aromatic N) is 5. The fraction of sp³-hybridized carbons (Fsp3) is 0.344. The number of amides is 1. The molecule has 0 spiro atoms. The first kappa shape index (κ1) is 27.0. The van der Waals surface area contributed by atoms with Gasteiger partial charge < -0.3 is 14.4 Å². The van der Waals surface area contributed by atoms with E-state index in [1.54, 1.807) is 42.6 Å². The van der Waals surface area contributed by atoms with Gasteiger partial charge in [0, 0.05) is 55.6 Å². The summed E-state index contributed by atoms with van der Waals surface area (Å²) in [5.74, 6) is 1.27. The molecule has 1 amide bonds. The summed E-state index contributed by atoms with van der Waals surface area (Å²) in [6.07, 6.45) is 10.8. The van der Waals surface area contributed by atoms with Crippen LogP contribution in [0, 0.1) is 12.7 Å². The molecule has 4 aromatic rings. The molecule has 6 rings (SSSR count). The van der Waals surface area contributed by atoms with Crippen molar-refractivity contribution in [1.82, 2.24) is 24.2 Å². The maximum absolute atomic E-state index is 14.6. The number of aromatic nitrogens is 3. The minimum Gasteiger partial charge on any atom is -0.494 e. The lowest BCUT2D eigenvalue weighted by Gasteiger charge is -2.15. The summed E-state index contributed by atoms with van der Waals surface area (Å²) < 4.78 is 27.5. The molecule has 9 heteroatoms. The summed E-state index contributed by atoms with van der Waals surface area (Å²) >= 11 is 0. The molecule has 1 saturated carbocycles. The van der Waals surface area contributed by atoms with E-state index in [2.05, 4.69) is 21.3 Å². The molecule has 2 fully saturated rings. The van der Waals surface area contributed by atoms with E-state index in [0.29, 0.717) is 24.9 Å². The SMILES string of the molecule is COc1cccc(Oc2ccc(-c3nc(C4CCN(C(=O)C=CCN(C)C5CC5)C4)n4ccnc(C)c34)cc2)c1F. The number of benzene rings is 2. The van der Waals surface area contributed by atoms with Gasteiger partial charge in [-0.25, -0.2) is 4.98 Å². The van der Waals surface area contributed by atoms with Gasteiger partial charge in [-0.15, -0.1) is 0 Å². The van der Waals surface area contributed by atoms with Crippen LogP contribution in [0.15, 0.2) is 67.0 Å². The Labute approximate surface area is 239 Å². The van der Waals surface area contributed by atoms with Crippen molar-refractivity contribution in [2.75, 3.05) is 33.8 Å². The number of carbonyl (C=O) groups is 1. The van der Waals surface area contributed by atoms with Gasteiger partial charge >= 0.3 is 0 Å². The zero-order chi connectivity index (χ0) is 28.5. The second-order valence-electron chi connectivity index (χ2n) is 10.8. The Morgan fingerprint density at radius 2 is 1.93 bits per heavy atom. The van der Waals surface area contributed by atoms with E-state index < -0.39 is 5.82 Å². The standard InChI is InChI=1S/C32H34FN5O3/c1-21-31-30(22-9-13-25(14-10-22)41-27-7-4-6-26(40-3)29(27)33)35-32(38(31)19-16-34-21)23-15-18-37(20-23)28(39)8-5-17-36(2)24-11-12-24/h4-10,13-14,16,19,23-24H,11-12,15,17-18,20H2,1-3H3. The molecule has 1 saturated heterocycles. The Morgan fingerprint density at radius 1 is 1.15 bits per heavy atom. The van der Waals surface area contributed by atoms with Crippen molar-refractivity contribution in [2.24, 2.45) is 0 Å². The summed E-state index contributed by atoms with van der Waals surface area (Å²) in [6, 6.07) is 12.9. The number of ether oxygens (including phenoxy) is 2. The molecule has 1 atom stereocenters. The van der Waals surface area contributed by atoms with E-state index in [4.69, 9.17) is 14.5 Å². The molecule has 1 unspecified atom stereocenters. The van der Waals surface area contributed by atoms with Crippen molar-refractivity contribution in [3.05, 3.63) is 84.3 Å². The Balaban J connectivity index is 1.21. The molecule has 1 aliphatic heterocycles. The molecule has 1 aliphatic carbocycles. The Morgan fingerprint density at radius 3 is 2.68 bits per heavy atom. The fourth-order valence-electron chi connectivity index (χ4n) is 5.50. The number of likely N-dealkylation sites (N-methyl/N-ethyl adjacent to an activating group) is 1. The van der Waals surface area contributed by atoms with E-state index in [9.17, 15) is 9.18 Å². The van der Waals surface area contributed by atoms with E-state index >= 15 is 0 Å². The smallest absolute Gasteiger partial charge is 0.246 e. The lowest BCUT2D eigenvalue weighted by molar-refractivity contribution is -0.125. The number of fused-ring (bicyclic) bond motifs is 1. The number of rotatable bonds is 9. The summed E-state index contributed by atoms with van der Waals surface area (Å²) in [5, 5.41) is 0. The highest BCUT2D eigenvalue weighted by atomic mass is 19.1. The fourth-order valence-corrected chi connectivity index (χ4v) is 5.50. The highest BCUT2D eigenvalue weighted by Gasteiger charge is 2.31. The predicted octanol–water partition coefficient (Wildman–Crippen LogP) is 5.61. The highest BCUT2D eigenvalue weighted by molar-refractivity contribution is 5.88.